The summed E-state index contributed by atoms with van der Waals surface area (Å²) in [5.41, 5.74) is 0.460. The molecule has 44 heavy (non-hydrogen) atoms. The van der Waals surface area contributed by atoms with Gasteiger partial charge < -0.3 is 25.2 Å². The van der Waals surface area contributed by atoms with Gasteiger partial charge in [-0.1, -0.05) is 57.6 Å². The van der Waals surface area contributed by atoms with Crippen LogP contribution in [0.25, 0.3) is 0 Å². The van der Waals surface area contributed by atoms with Gasteiger partial charge in [0, 0.05) is 26.2 Å². The predicted molar refractivity (Wildman–Crippen MR) is 170 cm³/mol. The summed E-state index contributed by atoms with van der Waals surface area (Å²) in [5.74, 6) is 0.426. The number of nitrogens with one attached hydrogen (secondary N) is 1. The van der Waals surface area contributed by atoms with Crippen molar-refractivity contribution >= 4 is 30.2 Å². The van der Waals surface area contributed by atoms with Gasteiger partial charge in [0.05, 0.1) is 11.7 Å². The zero-order valence-corrected chi connectivity index (χ0v) is 26.4. The van der Waals surface area contributed by atoms with Gasteiger partial charge in [-0.25, -0.2) is 4.79 Å². The van der Waals surface area contributed by atoms with E-state index in [1.54, 1.807) is 12.1 Å². The van der Waals surface area contributed by atoms with Crippen LogP contribution in [-0.4, -0.2) is 75.1 Å². The van der Waals surface area contributed by atoms with Gasteiger partial charge in [0.15, 0.2) is 0 Å². The third-order valence-electron chi connectivity index (χ3n) is 9.53. The van der Waals surface area contributed by atoms with E-state index in [-0.39, 0.29) is 29.8 Å². The van der Waals surface area contributed by atoms with Gasteiger partial charge in [0.2, 0.25) is 11.8 Å². The third kappa shape index (κ3) is 7.73. The lowest BCUT2D eigenvalue weighted by molar-refractivity contribution is -0.165. The Morgan fingerprint density at radius 3 is 2.20 bits per heavy atom. The Labute approximate surface area is 266 Å². The first-order valence-corrected chi connectivity index (χ1v) is 15.9. The lowest BCUT2D eigenvalue weighted by atomic mass is 9.79. The largest absolute Gasteiger partial charge is 0.478 e. The van der Waals surface area contributed by atoms with Crippen LogP contribution in [0.3, 0.4) is 0 Å². The zero-order chi connectivity index (χ0) is 30.4. The topological polar surface area (TPSA) is 119 Å². The average molecular weight is 628 g/mol. The zero-order valence-electron chi connectivity index (χ0n) is 25.6. The Morgan fingerprint density at radius 1 is 1.00 bits per heavy atom. The van der Waals surface area contributed by atoms with Gasteiger partial charge in [0.25, 0.3) is 0 Å². The number of nitrogens with zero attached hydrogens (tertiary/aromatic N) is 2. The maximum atomic E-state index is 13.8. The number of carboxylic acids is 1. The van der Waals surface area contributed by atoms with Crippen molar-refractivity contribution in [1.29, 1.82) is 0 Å². The average Bonchev–Trinajstić information content (AvgIpc) is 3.01. The quantitative estimate of drug-likeness (QED) is 0.306. The lowest BCUT2D eigenvalue weighted by Crippen LogP contribution is -2.74. The minimum atomic E-state index is -0.975. The summed E-state index contributed by atoms with van der Waals surface area (Å²) in [4.78, 5) is 42.7. The first-order chi connectivity index (χ1) is 20.8. The molecule has 1 saturated carbocycles. The van der Waals surface area contributed by atoms with Crippen molar-refractivity contribution in [1.82, 2.24) is 15.1 Å². The fourth-order valence-electron chi connectivity index (χ4n) is 6.94. The number of ether oxygens (including phenoxy) is 1. The summed E-state index contributed by atoms with van der Waals surface area (Å²) >= 11 is 0. The van der Waals surface area contributed by atoms with E-state index in [1.165, 1.54) is 31.4 Å². The molecule has 2 heterocycles. The molecule has 2 amide bonds. The Morgan fingerprint density at radius 2 is 1.61 bits per heavy atom. The number of aliphatic hydroxyl groups is 1. The molecule has 0 bridgehead atoms. The fraction of sp³-hybridized carbons (Fsp3) is 0.559. The van der Waals surface area contributed by atoms with Crippen molar-refractivity contribution < 1.29 is 29.3 Å². The van der Waals surface area contributed by atoms with E-state index in [2.05, 4.69) is 17.1 Å². The number of benzene rings is 2. The number of carbonyl (C=O) groups is 3. The van der Waals surface area contributed by atoms with E-state index in [9.17, 15) is 19.5 Å². The minimum absolute atomic E-state index is 0. The van der Waals surface area contributed by atoms with E-state index in [0.717, 1.165) is 37.8 Å². The second-order valence-corrected chi connectivity index (χ2v) is 12.5. The standard InChI is InChI=1S/C34H45N3O6.ClH/c1-2-3-19-37-31(39)30(29(38)22-24-7-5-4-6-8-24)35-33(42)34(37)17-20-36(21-18-34)23-25-9-13-27(14-10-25)43-28-15-11-26(12-16-28)32(40)41;/h9-16,24,29-30,38H,2-8,17-23H2,1H3,(H,35,42)(H,40,41);1H/t29-,30-;/m1./s1. The number of piperidine rings is 1. The summed E-state index contributed by atoms with van der Waals surface area (Å²) in [7, 11) is 0. The van der Waals surface area contributed by atoms with E-state index >= 15 is 0 Å². The molecule has 3 N–H and O–H groups in total. The van der Waals surface area contributed by atoms with Crippen LogP contribution in [0.15, 0.2) is 48.5 Å². The summed E-state index contributed by atoms with van der Waals surface area (Å²) < 4.78 is 5.86. The highest BCUT2D eigenvalue weighted by Gasteiger charge is 2.54. The second kappa shape index (κ2) is 15.2. The maximum absolute atomic E-state index is 13.8. The highest BCUT2D eigenvalue weighted by Crippen LogP contribution is 2.36. The molecule has 10 heteroatoms. The summed E-state index contributed by atoms with van der Waals surface area (Å²) in [6.45, 7) is 4.72. The number of likely N-dealkylation sites (tertiary alicyclic amines) is 1. The minimum Gasteiger partial charge on any atom is -0.478 e. The first kappa shape index (κ1) is 33.7. The number of aliphatic hydroxyl groups excluding tert-OH is 1. The SMILES string of the molecule is CCCCN1C(=O)[C@@H]([C@H](O)CC2CCCCC2)NC(=O)C12CCN(Cc1ccc(Oc3ccc(C(=O)O)cc3)cc1)CC2.Cl. The lowest BCUT2D eigenvalue weighted by Gasteiger charge is -2.52. The number of carbonyl (C=O) groups excluding carboxylic acids is 2. The molecule has 5 rings (SSSR count). The molecule has 3 fully saturated rings. The van der Waals surface area contributed by atoms with Crippen LogP contribution in [0.2, 0.25) is 0 Å². The van der Waals surface area contributed by atoms with Gasteiger partial charge >= 0.3 is 5.97 Å². The molecular formula is C34H46ClN3O6. The molecule has 2 aromatic rings. The highest BCUT2D eigenvalue weighted by molar-refractivity contribution is 6.00. The molecule has 2 aliphatic heterocycles. The van der Waals surface area contributed by atoms with Crippen LogP contribution in [0.5, 0.6) is 11.5 Å². The molecule has 3 aliphatic rings. The number of rotatable bonds is 11. The van der Waals surface area contributed by atoms with Crippen LogP contribution in [0, 0.1) is 5.92 Å². The van der Waals surface area contributed by atoms with Gasteiger partial charge in [-0.05, 0) is 73.6 Å². The normalized spacial score (nSPS) is 21.4. The van der Waals surface area contributed by atoms with Gasteiger partial charge in [-0.15, -0.1) is 12.4 Å². The molecule has 2 atom stereocenters. The van der Waals surface area contributed by atoms with Crippen molar-refractivity contribution in [2.24, 2.45) is 5.92 Å². The van der Waals surface area contributed by atoms with E-state index < -0.39 is 23.7 Å². The number of halogens is 1. The molecule has 1 spiro atoms. The third-order valence-corrected chi connectivity index (χ3v) is 9.53. The van der Waals surface area contributed by atoms with Crippen molar-refractivity contribution in [2.45, 2.75) is 95.4 Å². The van der Waals surface area contributed by atoms with Crippen LogP contribution < -0.4 is 10.1 Å². The van der Waals surface area contributed by atoms with Crippen LogP contribution in [0.4, 0.5) is 0 Å². The predicted octanol–water partition coefficient (Wildman–Crippen LogP) is 5.39. The number of amides is 2. The molecule has 0 unspecified atom stereocenters. The van der Waals surface area contributed by atoms with E-state index in [4.69, 9.17) is 9.84 Å². The number of hydrogen-bond donors (Lipinski definition) is 3. The van der Waals surface area contributed by atoms with Gasteiger partial charge in [0.1, 0.15) is 23.1 Å². The highest BCUT2D eigenvalue weighted by atomic mass is 35.5. The number of hydrogen-bond acceptors (Lipinski definition) is 6. The summed E-state index contributed by atoms with van der Waals surface area (Å²) in [6, 6.07) is 13.2. The second-order valence-electron chi connectivity index (χ2n) is 12.5. The monoisotopic (exact) mass is 627 g/mol. The molecule has 2 saturated heterocycles. The Hall–Kier alpha value is -3.14. The van der Waals surface area contributed by atoms with Crippen LogP contribution in [0.1, 0.15) is 87.1 Å². The van der Waals surface area contributed by atoms with E-state index in [0.29, 0.717) is 56.3 Å². The van der Waals surface area contributed by atoms with Crippen molar-refractivity contribution in [2.75, 3.05) is 19.6 Å². The van der Waals surface area contributed by atoms with Crippen molar-refractivity contribution in [3.8, 4) is 11.5 Å². The van der Waals surface area contributed by atoms with Crippen LogP contribution in [-0.2, 0) is 16.1 Å². The molecule has 1 aliphatic carbocycles. The molecule has 0 aromatic heterocycles. The molecule has 2 aromatic carbocycles. The number of carboxylic acid groups (broad SMARTS) is 1. The number of piperazine rings is 1. The van der Waals surface area contributed by atoms with E-state index in [1.807, 2.05) is 29.2 Å². The molecular weight excluding hydrogens is 582 g/mol. The molecule has 0 radical (unpaired) electrons. The van der Waals surface area contributed by atoms with Crippen molar-refractivity contribution in [3.05, 3.63) is 59.7 Å². The maximum Gasteiger partial charge on any atom is 0.335 e. The first-order valence-electron chi connectivity index (χ1n) is 15.9. The van der Waals surface area contributed by atoms with Gasteiger partial charge in [-0.3, -0.25) is 14.5 Å². The van der Waals surface area contributed by atoms with Gasteiger partial charge in [-0.2, -0.15) is 0 Å². The van der Waals surface area contributed by atoms with Crippen LogP contribution >= 0.6 is 12.4 Å². The molecule has 9 nitrogen and oxygen atoms in total. The Kier molecular flexibility index (Phi) is 11.7. The number of aromatic carboxylic acids is 1. The number of unbranched alkanes of at least 4 members (excludes halogenated alkanes) is 1. The summed E-state index contributed by atoms with van der Waals surface area (Å²) in [6.07, 6.45) is 8.36. The Balaban J connectivity index is 0.00000442. The smallest absolute Gasteiger partial charge is 0.335 e. The van der Waals surface area contributed by atoms with Crippen molar-refractivity contribution in [3.63, 3.8) is 0 Å². The summed E-state index contributed by atoms with van der Waals surface area (Å²) in [5, 5.41) is 23.1. The fourth-order valence-corrected chi connectivity index (χ4v) is 6.94. The Bertz CT molecular complexity index is 1260. The molecule has 240 valence electrons.